The quantitative estimate of drug-likeness (QED) is 0.572. The zero-order valence-electron chi connectivity index (χ0n) is 15.5. The fourth-order valence-electron chi connectivity index (χ4n) is 2.52. The van der Waals surface area contributed by atoms with Crippen LogP contribution in [0.25, 0.3) is 0 Å². The highest BCUT2D eigenvalue weighted by atomic mass is 16.5. The van der Waals surface area contributed by atoms with Gasteiger partial charge in [-0.2, -0.15) is 0 Å². The minimum absolute atomic E-state index is 0.118. The highest BCUT2D eigenvalue weighted by Crippen LogP contribution is 2.16. The summed E-state index contributed by atoms with van der Waals surface area (Å²) in [5.74, 6) is -0.149. The maximum absolute atomic E-state index is 12.2. The molecule has 28 heavy (non-hydrogen) atoms. The number of hydrogen-bond donors (Lipinski definition) is 0. The van der Waals surface area contributed by atoms with Crippen LogP contribution in [0.4, 0.5) is 0 Å². The van der Waals surface area contributed by atoms with Crippen molar-refractivity contribution in [2.45, 2.75) is 13.2 Å². The van der Waals surface area contributed by atoms with Gasteiger partial charge in [0, 0.05) is 0 Å². The van der Waals surface area contributed by atoms with E-state index in [1.165, 1.54) is 7.11 Å². The van der Waals surface area contributed by atoms with Crippen molar-refractivity contribution in [3.63, 3.8) is 0 Å². The summed E-state index contributed by atoms with van der Waals surface area (Å²) < 4.78 is 15.7. The first kappa shape index (κ1) is 19.2. The van der Waals surface area contributed by atoms with Gasteiger partial charge in [-0.05, 0) is 47.5 Å². The molecule has 0 bridgehead atoms. The second-order valence-corrected chi connectivity index (χ2v) is 6.06. The highest BCUT2D eigenvalue weighted by molar-refractivity contribution is 5.90. The first-order valence-electron chi connectivity index (χ1n) is 8.77. The molecule has 0 aromatic heterocycles. The summed E-state index contributed by atoms with van der Waals surface area (Å²) in [6.45, 7) is 0.582. The number of methoxy groups -OCH3 is 1. The van der Waals surface area contributed by atoms with Crippen molar-refractivity contribution in [3.05, 3.63) is 101 Å². The number of hydrogen-bond acceptors (Lipinski definition) is 5. The topological polar surface area (TPSA) is 61.8 Å². The molecule has 5 heteroatoms. The molecular weight excluding hydrogens is 356 g/mol. The van der Waals surface area contributed by atoms with Crippen LogP contribution in [0.15, 0.2) is 78.9 Å². The summed E-state index contributed by atoms with van der Waals surface area (Å²) in [5, 5.41) is 0. The maximum Gasteiger partial charge on any atom is 0.338 e. The molecule has 0 fully saturated rings. The molecule has 142 valence electrons. The summed E-state index contributed by atoms with van der Waals surface area (Å²) in [6, 6.07) is 23.4. The Bertz CT molecular complexity index is 915. The fourth-order valence-corrected chi connectivity index (χ4v) is 2.52. The van der Waals surface area contributed by atoms with Gasteiger partial charge in [0.15, 0.2) is 0 Å². The van der Waals surface area contributed by atoms with Crippen LogP contribution in [0.1, 0.15) is 31.8 Å². The van der Waals surface area contributed by atoms with Gasteiger partial charge in [-0.1, -0.05) is 42.5 Å². The third-order valence-electron chi connectivity index (χ3n) is 4.08. The molecule has 0 radical (unpaired) electrons. The van der Waals surface area contributed by atoms with Crippen molar-refractivity contribution in [2.24, 2.45) is 0 Å². The molecule has 5 nitrogen and oxygen atoms in total. The highest BCUT2D eigenvalue weighted by Gasteiger charge is 2.09. The molecule has 0 unspecified atom stereocenters. The molecule has 0 heterocycles. The van der Waals surface area contributed by atoms with Gasteiger partial charge in [-0.15, -0.1) is 0 Å². The van der Waals surface area contributed by atoms with E-state index >= 15 is 0 Å². The molecule has 0 aliphatic rings. The van der Waals surface area contributed by atoms with Crippen molar-refractivity contribution in [1.82, 2.24) is 0 Å². The van der Waals surface area contributed by atoms with Gasteiger partial charge >= 0.3 is 11.9 Å². The molecule has 0 amide bonds. The molecule has 0 saturated heterocycles. The van der Waals surface area contributed by atoms with Crippen LogP contribution >= 0.6 is 0 Å². The SMILES string of the molecule is COC(=O)c1ccc(COC(=O)c2ccc(OCc3ccccc3)cc2)cc1. The smallest absolute Gasteiger partial charge is 0.338 e. The normalized spacial score (nSPS) is 10.2. The average Bonchev–Trinajstić information content (AvgIpc) is 2.77. The minimum Gasteiger partial charge on any atom is -0.489 e. The van der Waals surface area contributed by atoms with E-state index in [1.54, 1.807) is 48.5 Å². The van der Waals surface area contributed by atoms with Crippen LogP contribution in [0.2, 0.25) is 0 Å². The molecule has 0 N–H and O–H groups in total. The third kappa shape index (κ3) is 5.20. The largest absolute Gasteiger partial charge is 0.489 e. The van der Waals surface area contributed by atoms with E-state index in [4.69, 9.17) is 9.47 Å². The summed E-state index contributed by atoms with van der Waals surface area (Å²) in [4.78, 5) is 23.6. The van der Waals surface area contributed by atoms with Gasteiger partial charge in [-0.3, -0.25) is 0 Å². The van der Waals surface area contributed by atoms with E-state index in [2.05, 4.69) is 4.74 Å². The van der Waals surface area contributed by atoms with Crippen LogP contribution in [0, 0.1) is 0 Å². The Kier molecular flexibility index (Phi) is 6.41. The van der Waals surface area contributed by atoms with Crippen LogP contribution in [0.5, 0.6) is 5.75 Å². The number of ether oxygens (including phenoxy) is 3. The number of carbonyl (C=O) groups is 2. The van der Waals surface area contributed by atoms with Crippen LogP contribution in [0.3, 0.4) is 0 Å². The van der Waals surface area contributed by atoms with E-state index in [-0.39, 0.29) is 6.61 Å². The van der Waals surface area contributed by atoms with E-state index < -0.39 is 11.9 Å². The van der Waals surface area contributed by atoms with Gasteiger partial charge in [-0.25, -0.2) is 9.59 Å². The summed E-state index contributed by atoms with van der Waals surface area (Å²) in [6.07, 6.45) is 0. The monoisotopic (exact) mass is 376 g/mol. The zero-order chi connectivity index (χ0) is 19.8. The summed E-state index contributed by atoms with van der Waals surface area (Å²) >= 11 is 0. The van der Waals surface area contributed by atoms with Crippen molar-refractivity contribution in [2.75, 3.05) is 7.11 Å². The molecule has 0 saturated carbocycles. The Morgan fingerprint density at radius 3 is 1.89 bits per heavy atom. The predicted molar refractivity (Wildman–Crippen MR) is 104 cm³/mol. The lowest BCUT2D eigenvalue weighted by atomic mass is 10.1. The Morgan fingerprint density at radius 2 is 1.25 bits per heavy atom. The van der Waals surface area contributed by atoms with E-state index in [0.29, 0.717) is 23.5 Å². The number of rotatable bonds is 7. The first-order valence-corrected chi connectivity index (χ1v) is 8.77. The maximum atomic E-state index is 12.2. The Balaban J connectivity index is 1.51. The van der Waals surface area contributed by atoms with Gasteiger partial charge in [0.2, 0.25) is 0 Å². The van der Waals surface area contributed by atoms with Crippen LogP contribution in [-0.2, 0) is 22.7 Å². The Hall–Kier alpha value is -3.60. The second kappa shape index (κ2) is 9.37. The van der Waals surface area contributed by atoms with Gasteiger partial charge in [0.25, 0.3) is 0 Å². The lowest BCUT2D eigenvalue weighted by molar-refractivity contribution is 0.0471. The summed E-state index contributed by atoms with van der Waals surface area (Å²) in [5.41, 5.74) is 2.75. The average molecular weight is 376 g/mol. The van der Waals surface area contributed by atoms with E-state index in [9.17, 15) is 9.59 Å². The number of benzene rings is 3. The predicted octanol–water partition coefficient (Wildman–Crippen LogP) is 4.41. The second-order valence-electron chi connectivity index (χ2n) is 6.06. The van der Waals surface area contributed by atoms with Crippen molar-refractivity contribution >= 4 is 11.9 Å². The first-order chi connectivity index (χ1) is 13.7. The van der Waals surface area contributed by atoms with Crippen molar-refractivity contribution in [3.8, 4) is 5.75 Å². The fraction of sp³-hybridized carbons (Fsp3) is 0.130. The standard InChI is InChI=1S/C23H20O5/c1-26-22(24)19-9-7-18(8-10-19)16-28-23(25)20-11-13-21(14-12-20)27-15-17-5-3-2-4-6-17/h2-14H,15-16H2,1H3. The molecule has 0 aliphatic heterocycles. The van der Waals surface area contributed by atoms with Crippen molar-refractivity contribution < 1.29 is 23.8 Å². The molecule has 0 spiro atoms. The van der Waals surface area contributed by atoms with E-state index in [0.717, 1.165) is 11.1 Å². The zero-order valence-corrected chi connectivity index (χ0v) is 15.5. The van der Waals surface area contributed by atoms with Gasteiger partial charge < -0.3 is 14.2 Å². The molecule has 0 aliphatic carbocycles. The number of esters is 2. The Labute approximate surface area is 163 Å². The van der Waals surface area contributed by atoms with E-state index in [1.807, 2.05) is 30.3 Å². The lowest BCUT2D eigenvalue weighted by Gasteiger charge is -2.08. The van der Waals surface area contributed by atoms with Gasteiger partial charge in [0.05, 0.1) is 18.2 Å². The molecule has 3 rings (SSSR count). The molecule has 3 aromatic carbocycles. The molecular formula is C23H20O5. The summed E-state index contributed by atoms with van der Waals surface area (Å²) in [7, 11) is 1.33. The molecule has 0 atom stereocenters. The Morgan fingerprint density at radius 1 is 0.679 bits per heavy atom. The number of carbonyl (C=O) groups excluding carboxylic acids is 2. The van der Waals surface area contributed by atoms with Gasteiger partial charge in [0.1, 0.15) is 19.0 Å². The van der Waals surface area contributed by atoms with Crippen molar-refractivity contribution in [1.29, 1.82) is 0 Å². The van der Waals surface area contributed by atoms with Crippen LogP contribution in [-0.4, -0.2) is 19.0 Å². The third-order valence-corrected chi connectivity index (χ3v) is 4.08. The van der Waals surface area contributed by atoms with Crippen LogP contribution < -0.4 is 4.74 Å². The lowest BCUT2D eigenvalue weighted by Crippen LogP contribution is -2.06. The molecule has 3 aromatic rings. The minimum atomic E-state index is -0.424.